The highest BCUT2D eigenvalue weighted by Gasteiger charge is 2.02. The maximum atomic E-state index is 10.7. The van der Waals surface area contributed by atoms with Gasteiger partial charge >= 0.3 is 0 Å². The molecule has 0 spiro atoms. The second kappa shape index (κ2) is 4.91. The standard InChI is InChI=1S/C10H11NO4S/c1-15-10-6-8(7-12)2-3-9(10)4-5-16(11,13)14/h2-7H,1H3,(H2,11,13,14)/b5-4+. The Morgan fingerprint density at radius 2 is 2.06 bits per heavy atom. The fraction of sp³-hybridized carbons (Fsp3) is 0.100. The van der Waals surface area contributed by atoms with Gasteiger partial charge < -0.3 is 4.74 Å². The molecule has 0 aromatic heterocycles. The van der Waals surface area contributed by atoms with Gasteiger partial charge in [0.2, 0.25) is 10.0 Å². The van der Waals surface area contributed by atoms with Gasteiger partial charge in [-0.25, -0.2) is 13.6 Å². The molecule has 0 heterocycles. The van der Waals surface area contributed by atoms with E-state index in [1.807, 2.05) is 0 Å². The van der Waals surface area contributed by atoms with Crippen molar-refractivity contribution < 1.29 is 17.9 Å². The van der Waals surface area contributed by atoms with Gasteiger partial charge in [0.1, 0.15) is 12.0 Å². The molecule has 1 rings (SSSR count). The average Bonchev–Trinajstić information content (AvgIpc) is 2.25. The number of nitrogens with two attached hydrogens (primary N) is 1. The first-order valence-corrected chi connectivity index (χ1v) is 5.91. The quantitative estimate of drug-likeness (QED) is 0.789. The van der Waals surface area contributed by atoms with Gasteiger partial charge in [0.25, 0.3) is 0 Å². The highest BCUT2D eigenvalue weighted by atomic mass is 32.2. The minimum atomic E-state index is -3.67. The van der Waals surface area contributed by atoms with Crippen molar-refractivity contribution in [1.29, 1.82) is 0 Å². The van der Waals surface area contributed by atoms with Gasteiger partial charge in [0, 0.05) is 16.5 Å². The summed E-state index contributed by atoms with van der Waals surface area (Å²) in [5.41, 5.74) is 0.978. The molecule has 0 aliphatic heterocycles. The summed E-state index contributed by atoms with van der Waals surface area (Å²) in [4.78, 5) is 10.5. The van der Waals surface area contributed by atoms with Gasteiger partial charge in [-0.1, -0.05) is 12.1 Å². The fourth-order valence-corrected chi connectivity index (χ4v) is 1.44. The topological polar surface area (TPSA) is 86.5 Å². The van der Waals surface area contributed by atoms with E-state index in [0.717, 1.165) is 5.41 Å². The minimum absolute atomic E-state index is 0.407. The Hall–Kier alpha value is -1.66. The van der Waals surface area contributed by atoms with Crippen LogP contribution in [0.1, 0.15) is 15.9 Å². The van der Waals surface area contributed by atoms with E-state index >= 15 is 0 Å². The first kappa shape index (κ1) is 12.4. The van der Waals surface area contributed by atoms with Crippen molar-refractivity contribution in [2.45, 2.75) is 0 Å². The van der Waals surface area contributed by atoms with E-state index in [4.69, 9.17) is 9.88 Å². The summed E-state index contributed by atoms with van der Waals surface area (Å²) < 4.78 is 26.4. The highest BCUT2D eigenvalue weighted by molar-refractivity contribution is 7.92. The second-order valence-electron chi connectivity index (χ2n) is 3.01. The summed E-state index contributed by atoms with van der Waals surface area (Å²) in [6, 6.07) is 4.64. The van der Waals surface area contributed by atoms with E-state index in [1.54, 1.807) is 12.1 Å². The van der Waals surface area contributed by atoms with Crippen LogP contribution in [0.3, 0.4) is 0 Å². The Morgan fingerprint density at radius 1 is 1.38 bits per heavy atom. The SMILES string of the molecule is COc1cc(C=O)ccc1/C=C/S(N)(=O)=O. The van der Waals surface area contributed by atoms with Crippen LogP contribution in [0.15, 0.2) is 23.6 Å². The van der Waals surface area contributed by atoms with E-state index in [1.165, 1.54) is 19.3 Å². The van der Waals surface area contributed by atoms with Crippen molar-refractivity contribution in [2.24, 2.45) is 5.14 Å². The van der Waals surface area contributed by atoms with Crippen LogP contribution in [0.4, 0.5) is 0 Å². The third-order valence-electron chi connectivity index (χ3n) is 1.83. The number of ether oxygens (including phenoxy) is 1. The van der Waals surface area contributed by atoms with Gasteiger partial charge in [-0.2, -0.15) is 0 Å². The lowest BCUT2D eigenvalue weighted by Crippen LogP contribution is -2.06. The largest absolute Gasteiger partial charge is 0.496 e. The van der Waals surface area contributed by atoms with E-state index in [2.05, 4.69) is 0 Å². The Kier molecular flexibility index (Phi) is 3.81. The monoisotopic (exact) mass is 241 g/mol. The van der Waals surface area contributed by atoms with Crippen molar-refractivity contribution >= 4 is 22.4 Å². The number of sulfonamides is 1. The molecule has 0 amide bonds. The first-order chi connectivity index (χ1) is 7.46. The smallest absolute Gasteiger partial charge is 0.231 e. The van der Waals surface area contributed by atoms with E-state index < -0.39 is 10.0 Å². The summed E-state index contributed by atoms with van der Waals surface area (Å²) in [6.07, 6.45) is 1.98. The number of hydrogen-bond acceptors (Lipinski definition) is 4. The molecule has 0 saturated heterocycles. The molecule has 1 aromatic carbocycles. The maximum absolute atomic E-state index is 10.7. The third-order valence-corrected chi connectivity index (χ3v) is 2.35. The number of carbonyl (C=O) groups excluding carboxylic acids is 1. The number of primary sulfonamides is 1. The molecule has 0 bridgehead atoms. The van der Waals surface area contributed by atoms with Crippen LogP contribution in [-0.4, -0.2) is 21.8 Å². The zero-order valence-electron chi connectivity index (χ0n) is 8.58. The number of aldehydes is 1. The van der Waals surface area contributed by atoms with Crippen LogP contribution >= 0.6 is 0 Å². The van der Waals surface area contributed by atoms with Gasteiger partial charge in [0.05, 0.1) is 7.11 Å². The molecule has 0 radical (unpaired) electrons. The lowest BCUT2D eigenvalue weighted by Gasteiger charge is -2.04. The Morgan fingerprint density at radius 3 is 2.56 bits per heavy atom. The Balaban J connectivity index is 3.15. The summed E-state index contributed by atoms with van der Waals surface area (Å²) in [6.45, 7) is 0. The number of hydrogen-bond donors (Lipinski definition) is 1. The Bertz CT molecular complexity index is 520. The van der Waals surface area contributed by atoms with Crippen LogP contribution in [-0.2, 0) is 10.0 Å². The number of rotatable bonds is 4. The zero-order chi connectivity index (χ0) is 12.2. The normalized spacial score (nSPS) is 11.6. The van der Waals surface area contributed by atoms with Crippen molar-refractivity contribution in [3.63, 3.8) is 0 Å². The molecule has 6 heteroatoms. The van der Waals surface area contributed by atoms with Crippen molar-refractivity contribution in [2.75, 3.05) is 7.11 Å². The van der Waals surface area contributed by atoms with Gasteiger partial charge in [-0.3, -0.25) is 4.79 Å². The first-order valence-electron chi connectivity index (χ1n) is 4.30. The van der Waals surface area contributed by atoms with E-state index in [9.17, 15) is 13.2 Å². The Labute approximate surface area is 93.6 Å². The van der Waals surface area contributed by atoms with E-state index in [-0.39, 0.29) is 0 Å². The minimum Gasteiger partial charge on any atom is -0.496 e. The molecule has 0 fully saturated rings. The average molecular weight is 241 g/mol. The zero-order valence-corrected chi connectivity index (χ0v) is 9.40. The highest BCUT2D eigenvalue weighted by Crippen LogP contribution is 2.21. The fourth-order valence-electron chi connectivity index (χ4n) is 1.11. The van der Waals surface area contributed by atoms with Crippen molar-refractivity contribution in [1.82, 2.24) is 0 Å². The lowest BCUT2D eigenvalue weighted by molar-refractivity contribution is 0.112. The number of methoxy groups -OCH3 is 1. The van der Waals surface area contributed by atoms with Gasteiger partial charge in [-0.05, 0) is 12.1 Å². The van der Waals surface area contributed by atoms with E-state index in [0.29, 0.717) is 23.2 Å². The molecule has 0 saturated carbocycles. The summed E-state index contributed by atoms with van der Waals surface area (Å²) in [5.74, 6) is 0.407. The molecule has 86 valence electrons. The van der Waals surface area contributed by atoms with Crippen LogP contribution in [0, 0.1) is 0 Å². The summed E-state index contributed by atoms with van der Waals surface area (Å²) in [7, 11) is -2.24. The molecule has 0 aliphatic carbocycles. The second-order valence-corrected chi connectivity index (χ2v) is 4.46. The lowest BCUT2D eigenvalue weighted by atomic mass is 10.1. The number of benzene rings is 1. The molecular formula is C10H11NO4S. The van der Waals surface area contributed by atoms with Crippen molar-refractivity contribution in [3.8, 4) is 5.75 Å². The molecule has 5 nitrogen and oxygen atoms in total. The van der Waals surface area contributed by atoms with Crippen LogP contribution in [0.25, 0.3) is 6.08 Å². The molecule has 0 atom stereocenters. The third kappa shape index (κ3) is 3.48. The van der Waals surface area contributed by atoms with Crippen LogP contribution < -0.4 is 9.88 Å². The molecule has 1 aromatic rings. The summed E-state index contributed by atoms with van der Waals surface area (Å²) >= 11 is 0. The van der Waals surface area contributed by atoms with Crippen LogP contribution in [0.5, 0.6) is 5.75 Å². The van der Waals surface area contributed by atoms with Gasteiger partial charge in [-0.15, -0.1) is 0 Å². The predicted octanol–water partition coefficient (Wildman–Crippen LogP) is 0.767. The van der Waals surface area contributed by atoms with Crippen LogP contribution in [0.2, 0.25) is 0 Å². The molecular weight excluding hydrogens is 230 g/mol. The maximum Gasteiger partial charge on any atom is 0.231 e. The molecule has 0 aliphatic rings. The summed E-state index contributed by atoms with van der Waals surface area (Å²) in [5, 5.41) is 5.69. The predicted molar refractivity (Wildman–Crippen MR) is 60.5 cm³/mol. The van der Waals surface area contributed by atoms with Crippen molar-refractivity contribution in [3.05, 3.63) is 34.7 Å². The molecule has 16 heavy (non-hydrogen) atoms. The molecule has 0 unspecified atom stereocenters. The number of carbonyl (C=O) groups is 1. The van der Waals surface area contributed by atoms with Gasteiger partial charge in [0.15, 0.2) is 0 Å². The molecule has 2 N–H and O–H groups in total.